The van der Waals surface area contributed by atoms with E-state index in [1.165, 1.54) is 17.9 Å². The molecule has 1 fully saturated rings. The number of morpholine rings is 1. The molecule has 1 aliphatic heterocycles. The molecule has 8 nitrogen and oxygen atoms in total. The summed E-state index contributed by atoms with van der Waals surface area (Å²) in [5, 5.41) is 0. The highest BCUT2D eigenvalue weighted by molar-refractivity contribution is 5.59. The predicted octanol–water partition coefficient (Wildman–Crippen LogP) is 1.59. The molecular formula is C18H22N2O6. The number of carbonyl (C=O) groups excluding carboxylic acids is 1. The van der Waals surface area contributed by atoms with Gasteiger partial charge in [-0.25, -0.2) is 4.79 Å². The van der Waals surface area contributed by atoms with Crippen LogP contribution in [-0.4, -0.2) is 61.9 Å². The van der Waals surface area contributed by atoms with E-state index in [1.54, 1.807) is 0 Å². The van der Waals surface area contributed by atoms with Crippen LogP contribution in [0, 0.1) is 0 Å². The Balaban J connectivity index is 1.74. The normalized spacial score (nSPS) is 16.2. The van der Waals surface area contributed by atoms with Gasteiger partial charge in [-0.1, -0.05) is 30.3 Å². The van der Waals surface area contributed by atoms with Crippen LogP contribution >= 0.6 is 0 Å². The van der Waals surface area contributed by atoms with E-state index >= 15 is 0 Å². The van der Waals surface area contributed by atoms with Crippen LogP contribution in [0.5, 0.6) is 0 Å². The molecule has 1 aromatic heterocycles. The maximum absolute atomic E-state index is 12.3. The van der Waals surface area contributed by atoms with Crippen LogP contribution in [0.3, 0.4) is 0 Å². The van der Waals surface area contributed by atoms with E-state index in [0.29, 0.717) is 25.5 Å². The summed E-state index contributed by atoms with van der Waals surface area (Å²) in [7, 11) is 1.25. The first-order chi connectivity index (χ1) is 12.7. The van der Waals surface area contributed by atoms with Crippen LogP contribution in [0.15, 0.2) is 45.7 Å². The lowest BCUT2D eigenvalue weighted by Gasteiger charge is -2.29. The van der Waals surface area contributed by atoms with Gasteiger partial charge in [-0.15, -0.1) is 0 Å². The molecular weight excluding hydrogens is 340 g/mol. The van der Waals surface area contributed by atoms with Gasteiger partial charge < -0.3 is 18.7 Å². The lowest BCUT2D eigenvalue weighted by molar-refractivity contribution is -0.0183. The second-order valence-corrected chi connectivity index (χ2v) is 5.97. The zero-order valence-corrected chi connectivity index (χ0v) is 14.6. The van der Waals surface area contributed by atoms with E-state index in [0.717, 1.165) is 18.7 Å². The smallest absolute Gasteiger partial charge is 0.438 e. The minimum absolute atomic E-state index is 0.109. The number of aromatic nitrogens is 1. The third-order valence-corrected chi connectivity index (χ3v) is 4.13. The number of carbonyl (C=O) groups is 1. The molecule has 2 heterocycles. The molecule has 1 aromatic carbocycles. The molecule has 1 saturated heterocycles. The summed E-state index contributed by atoms with van der Waals surface area (Å²) in [5.41, 5.74) is 0.520. The van der Waals surface area contributed by atoms with Crippen LogP contribution in [-0.2, 0) is 20.8 Å². The summed E-state index contributed by atoms with van der Waals surface area (Å²) in [6.45, 7) is 3.31. The van der Waals surface area contributed by atoms with Crippen LogP contribution in [0.25, 0.3) is 11.3 Å². The summed E-state index contributed by atoms with van der Waals surface area (Å²) in [4.78, 5) is 25.9. The first-order valence-electron chi connectivity index (χ1n) is 8.47. The number of rotatable bonds is 6. The van der Waals surface area contributed by atoms with Crippen molar-refractivity contribution < 1.29 is 23.5 Å². The van der Waals surface area contributed by atoms with Gasteiger partial charge in [0.2, 0.25) is 0 Å². The Morgan fingerprint density at radius 3 is 2.62 bits per heavy atom. The average Bonchev–Trinajstić information content (AvgIpc) is 3.03. The van der Waals surface area contributed by atoms with Gasteiger partial charge in [-0.05, 0) is 0 Å². The van der Waals surface area contributed by atoms with Crippen molar-refractivity contribution in [3.63, 3.8) is 0 Å². The Labute approximate surface area is 150 Å². The van der Waals surface area contributed by atoms with Crippen LogP contribution < -0.4 is 5.56 Å². The highest BCUT2D eigenvalue weighted by Gasteiger charge is 2.23. The van der Waals surface area contributed by atoms with Crippen molar-refractivity contribution in [3.05, 3.63) is 46.8 Å². The Bertz CT molecular complexity index is 763. The quantitative estimate of drug-likeness (QED) is 0.722. The Kier molecular flexibility index (Phi) is 6.08. The number of nitrogens with zero attached hydrogens (tertiary/aromatic N) is 2. The number of methoxy groups -OCH3 is 1. The molecule has 0 N–H and O–H groups in total. The van der Waals surface area contributed by atoms with Gasteiger partial charge in [0.15, 0.2) is 5.76 Å². The molecule has 26 heavy (non-hydrogen) atoms. The van der Waals surface area contributed by atoms with Crippen molar-refractivity contribution in [3.8, 4) is 11.3 Å². The maximum atomic E-state index is 12.3. The van der Waals surface area contributed by atoms with Crippen LogP contribution in [0.4, 0.5) is 4.79 Å². The number of benzene rings is 1. The highest BCUT2D eigenvalue weighted by Crippen LogP contribution is 2.17. The first kappa shape index (κ1) is 18.2. The standard InChI is InChI=1S/C18H22N2O6/c1-23-18(22)25-15(12-19-7-9-24-10-8-19)13-20-17(21)11-16(26-20)14-5-3-2-4-6-14/h2-6,11,15H,7-10,12-13H2,1H3. The summed E-state index contributed by atoms with van der Waals surface area (Å²) >= 11 is 0. The fourth-order valence-electron chi connectivity index (χ4n) is 2.81. The molecule has 0 amide bonds. The molecule has 3 rings (SSSR count). The zero-order valence-electron chi connectivity index (χ0n) is 14.6. The first-order valence-corrected chi connectivity index (χ1v) is 8.47. The average molecular weight is 362 g/mol. The highest BCUT2D eigenvalue weighted by atomic mass is 16.7. The lowest BCUT2D eigenvalue weighted by Crippen LogP contribution is -2.44. The number of hydrogen-bond donors (Lipinski definition) is 0. The van der Waals surface area contributed by atoms with Crippen molar-refractivity contribution in [1.29, 1.82) is 0 Å². The van der Waals surface area contributed by atoms with Crippen molar-refractivity contribution in [2.45, 2.75) is 12.6 Å². The second-order valence-electron chi connectivity index (χ2n) is 5.97. The topological polar surface area (TPSA) is 83.1 Å². The number of hydrogen-bond acceptors (Lipinski definition) is 7. The third-order valence-electron chi connectivity index (χ3n) is 4.13. The van der Waals surface area contributed by atoms with E-state index in [2.05, 4.69) is 9.64 Å². The molecule has 140 valence electrons. The van der Waals surface area contributed by atoms with Crippen molar-refractivity contribution in [2.75, 3.05) is 40.0 Å². The third kappa shape index (κ3) is 4.74. The minimum Gasteiger partial charge on any atom is -0.438 e. The Morgan fingerprint density at radius 1 is 1.19 bits per heavy atom. The van der Waals surface area contributed by atoms with E-state index in [4.69, 9.17) is 14.0 Å². The van der Waals surface area contributed by atoms with Crippen LogP contribution in [0.2, 0.25) is 0 Å². The van der Waals surface area contributed by atoms with Gasteiger partial charge in [0, 0.05) is 25.2 Å². The largest absolute Gasteiger partial charge is 0.508 e. The van der Waals surface area contributed by atoms with Gasteiger partial charge >= 0.3 is 6.16 Å². The molecule has 0 spiro atoms. The molecule has 0 radical (unpaired) electrons. The fourth-order valence-corrected chi connectivity index (χ4v) is 2.81. The summed E-state index contributed by atoms with van der Waals surface area (Å²) in [6.07, 6.45) is -1.36. The monoisotopic (exact) mass is 362 g/mol. The Hall–Kier alpha value is -2.58. The fraction of sp³-hybridized carbons (Fsp3) is 0.444. The van der Waals surface area contributed by atoms with E-state index in [9.17, 15) is 9.59 Å². The SMILES string of the molecule is COC(=O)OC(CN1CCOCC1)Cn1oc(-c2ccccc2)cc1=O. The summed E-state index contributed by atoms with van der Waals surface area (Å²) in [6, 6.07) is 10.8. The number of ether oxygens (including phenoxy) is 3. The van der Waals surface area contributed by atoms with Crippen molar-refractivity contribution in [1.82, 2.24) is 9.64 Å². The molecule has 1 atom stereocenters. The minimum atomic E-state index is -0.786. The lowest BCUT2D eigenvalue weighted by atomic mass is 10.2. The Morgan fingerprint density at radius 2 is 1.92 bits per heavy atom. The molecule has 0 bridgehead atoms. The van der Waals surface area contributed by atoms with Gasteiger partial charge in [-0.3, -0.25) is 9.69 Å². The molecule has 2 aromatic rings. The van der Waals surface area contributed by atoms with Crippen molar-refractivity contribution >= 4 is 6.16 Å². The van der Waals surface area contributed by atoms with Gasteiger partial charge in [-0.2, -0.15) is 4.74 Å². The molecule has 0 saturated carbocycles. The van der Waals surface area contributed by atoms with Gasteiger partial charge in [0.1, 0.15) is 6.10 Å². The predicted molar refractivity (Wildman–Crippen MR) is 92.9 cm³/mol. The van der Waals surface area contributed by atoms with E-state index < -0.39 is 12.3 Å². The van der Waals surface area contributed by atoms with Crippen molar-refractivity contribution in [2.24, 2.45) is 0 Å². The van der Waals surface area contributed by atoms with Gasteiger partial charge in [0.05, 0.1) is 32.9 Å². The zero-order chi connectivity index (χ0) is 18.4. The molecule has 1 aliphatic rings. The van der Waals surface area contributed by atoms with E-state index in [-0.39, 0.29) is 12.1 Å². The second kappa shape index (κ2) is 8.68. The molecule has 0 aliphatic carbocycles. The summed E-state index contributed by atoms with van der Waals surface area (Å²) in [5.74, 6) is 0.471. The maximum Gasteiger partial charge on any atom is 0.508 e. The molecule has 1 unspecified atom stereocenters. The van der Waals surface area contributed by atoms with Crippen LogP contribution in [0.1, 0.15) is 0 Å². The van der Waals surface area contributed by atoms with E-state index in [1.807, 2.05) is 30.3 Å². The molecule has 8 heteroatoms. The summed E-state index contributed by atoms with van der Waals surface area (Å²) < 4.78 is 22.1. The van der Waals surface area contributed by atoms with Gasteiger partial charge in [0.25, 0.3) is 5.56 Å².